The van der Waals surface area contributed by atoms with Gasteiger partial charge in [0.15, 0.2) is 0 Å². The van der Waals surface area contributed by atoms with Crippen LogP contribution in [0.15, 0.2) is 0 Å². The third-order valence-electron chi connectivity index (χ3n) is 1.64. The van der Waals surface area contributed by atoms with Crippen molar-refractivity contribution in [3.8, 4) is 0 Å². The molecule has 1 fully saturated rings. The first kappa shape index (κ1) is 7.38. The van der Waals surface area contributed by atoms with E-state index in [2.05, 4.69) is 12.2 Å². The molecule has 1 aliphatic rings. The van der Waals surface area contributed by atoms with Crippen LogP contribution < -0.4 is 5.32 Å². The molecule has 0 aromatic carbocycles. The molecule has 0 radical (unpaired) electrons. The largest absolute Gasteiger partial charge is 0.334 e. The number of carbonyl (C=O) groups excluding carboxylic acids is 1. The zero-order valence-corrected chi connectivity index (χ0v) is 6.55. The van der Waals surface area contributed by atoms with Gasteiger partial charge in [0, 0.05) is 19.1 Å². The zero-order valence-electron chi connectivity index (χ0n) is 6.55. The minimum atomic E-state index is 0.0920. The van der Waals surface area contributed by atoms with Crippen molar-refractivity contribution in [3.63, 3.8) is 0 Å². The molecular weight excluding hydrogens is 128 g/mol. The molecular formula is C7H14N2O. The highest BCUT2D eigenvalue weighted by molar-refractivity contribution is 5.76. The van der Waals surface area contributed by atoms with Crippen molar-refractivity contribution in [1.29, 1.82) is 0 Å². The van der Waals surface area contributed by atoms with Gasteiger partial charge in [-0.05, 0) is 13.3 Å². The normalized spacial score (nSPS) is 25.2. The van der Waals surface area contributed by atoms with E-state index < -0.39 is 0 Å². The van der Waals surface area contributed by atoms with Crippen LogP contribution in [0.3, 0.4) is 0 Å². The number of carbonyl (C=O) groups is 1. The summed E-state index contributed by atoms with van der Waals surface area (Å²) >= 11 is 0. The number of nitrogens with zero attached hydrogens (tertiary/aromatic N) is 1. The second-order valence-corrected chi connectivity index (χ2v) is 2.80. The van der Waals surface area contributed by atoms with Gasteiger partial charge in [-0.15, -0.1) is 0 Å². The van der Waals surface area contributed by atoms with Gasteiger partial charge in [-0.1, -0.05) is 6.92 Å². The van der Waals surface area contributed by atoms with E-state index in [4.69, 9.17) is 0 Å². The van der Waals surface area contributed by atoms with Gasteiger partial charge in [0.25, 0.3) is 0 Å². The lowest BCUT2D eigenvalue weighted by Gasteiger charge is -2.11. The summed E-state index contributed by atoms with van der Waals surface area (Å²) in [5.74, 6) is 0. The summed E-state index contributed by atoms with van der Waals surface area (Å²) in [7, 11) is 0. The second kappa shape index (κ2) is 2.90. The van der Waals surface area contributed by atoms with E-state index in [1.165, 1.54) is 0 Å². The Kier molecular flexibility index (Phi) is 2.14. The highest BCUT2D eigenvalue weighted by Crippen LogP contribution is 2.02. The van der Waals surface area contributed by atoms with E-state index in [0.717, 1.165) is 19.5 Å². The molecule has 1 rings (SSSR count). The molecule has 10 heavy (non-hydrogen) atoms. The van der Waals surface area contributed by atoms with Crippen molar-refractivity contribution in [2.75, 3.05) is 13.1 Å². The molecule has 0 aromatic heterocycles. The van der Waals surface area contributed by atoms with Crippen LogP contribution >= 0.6 is 0 Å². The number of urea groups is 1. The van der Waals surface area contributed by atoms with Crippen molar-refractivity contribution in [2.45, 2.75) is 26.3 Å². The van der Waals surface area contributed by atoms with Gasteiger partial charge in [0.2, 0.25) is 0 Å². The van der Waals surface area contributed by atoms with Gasteiger partial charge in [-0.3, -0.25) is 0 Å². The van der Waals surface area contributed by atoms with Crippen LogP contribution in [0.2, 0.25) is 0 Å². The monoisotopic (exact) mass is 142 g/mol. The van der Waals surface area contributed by atoms with Crippen LogP contribution in [-0.2, 0) is 0 Å². The first-order valence-electron chi connectivity index (χ1n) is 3.79. The number of amides is 2. The van der Waals surface area contributed by atoms with Crippen molar-refractivity contribution in [3.05, 3.63) is 0 Å². The summed E-state index contributed by atoms with van der Waals surface area (Å²) in [5, 5.41) is 2.84. The van der Waals surface area contributed by atoms with Crippen molar-refractivity contribution in [1.82, 2.24) is 10.2 Å². The zero-order chi connectivity index (χ0) is 7.56. The molecule has 0 bridgehead atoms. The molecule has 0 aliphatic carbocycles. The molecule has 1 atom stereocenters. The minimum Gasteiger partial charge on any atom is -0.334 e. The molecule has 2 amide bonds. The molecule has 1 aliphatic heterocycles. The predicted octanol–water partition coefficient (Wildman–Crippen LogP) is 0.810. The number of rotatable bonds is 2. The van der Waals surface area contributed by atoms with Gasteiger partial charge < -0.3 is 10.2 Å². The van der Waals surface area contributed by atoms with Gasteiger partial charge in [-0.2, -0.15) is 0 Å². The van der Waals surface area contributed by atoms with E-state index in [0.29, 0.717) is 6.04 Å². The summed E-state index contributed by atoms with van der Waals surface area (Å²) in [5.41, 5.74) is 0. The molecule has 1 N–H and O–H groups in total. The number of hydrogen-bond acceptors (Lipinski definition) is 1. The van der Waals surface area contributed by atoms with E-state index >= 15 is 0 Å². The van der Waals surface area contributed by atoms with Gasteiger partial charge in [0.05, 0.1) is 0 Å². The standard InChI is InChI=1S/C7H14N2O/c1-3-4-9-5-6(2)8-7(9)10/h6H,3-5H2,1-2H3,(H,8,10)/t6-/m1/s1. The van der Waals surface area contributed by atoms with Crippen LogP contribution in [0.5, 0.6) is 0 Å². The lowest BCUT2D eigenvalue weighted by molar-refractivity contribution is 0.217. The highest BCUT2D eigenvalue weighted by Gasteiger charge is 2.23. The highest BCUT2D eigenvalue weighted by atomic mass is 16.2. The van der Waals surface area contributed by atoms with Crippen LogP contribution in [0.4, 0.5) is 4.79 Å². The first-order chi connectivity index (χ1) is 4.74. The Bertz CT molecular complexity index is 136. The topological polar surface area (TPSA) is 32.3 Å². The average Bonchev–Trinajstić information content (AvgIpc) is 2.13. The maximum Gasteiger partial charge on any atom is 0.317 e. The van der Waals surface area contributed by atoms with Gasteiger partial charge >= 0.3 is 6.03 Å². The fourth-order valence-electron chi connectivity index (χ4n) is 1.22. The third kappa shape index (κ3) is 1.40. The third-order valence-corrected chi connectivity index (χ3v) is 1.64. The van der Waals surface area contributed by atoms with Crippen molar-refractivity contribution >= 4 is 6.03 Å². The Morgan fingerprint density at radius 1 is 1.80 bits per heavy atom. The van der Waals surface area contributed by atoms with E-state index in [-0.39, 0.29) is 6.03 Å². The number of hydrogen-bond donors (Lipinski definition) is 1. The van der Waals surface area contributed by atoms with E-state index in [1.807, 2.05) is 11.8 Å². The van der Waals surface area contributed by atoms with Crippen LogP contribution in [0.25, 0.3) is 0 Å². The van der Waals surface area contributed by atoms with Crippen molar-refractivity contribution < 1.29 is 4.79 Å². The van der Waals surface area contributed by atoms with Crippen molar-refractivity contribution in [2.24, 2.45) is 0 Å². The Morgan fingerprint density at radius 2 is 2.50 bits per heavy atom. The maximum atomic E-state index is 11.0. The Labute approximate surface area is 61.4 Å². The predicted molar refractivity (Wildman–Crippen MR) is 39.9 cm³/mol. The van der Waals surface area contributed by atoms with Gasteiger partial charge in [-0.25, -0.2) is 4.79 Å². The quantitative estimate of drug-likeness (QED) is 0.608. The maximum absolute atomic E-state index is 11.0. The lowest BCUT2D eigenvalue weighted by Crippen LogP contribution is -2.28. The average molecular weight is 142 g/mol. The van der Waals surface area contributed by atoms with Crippen LogP contribution in [-0.4, -0.2) is 30.1 Å². The Hall–Kier alpha value is -0.730. The molecule has 0 saturated carbocycles. The SMILES string of the molecule is CCCN1C[C@@H](C)NC1=O. The molecule has 1 saturated heterocycles. The summed E-state index contributed by atoms with van der Waals surface area (Å²) in [6.45, 7) is 5.85. The summed E-state index contributed by atoms with van der Waals surface area (Å²) in [6, 6.07) is 0.424. The molecule has 58 valence electrons. The minimum absolute atomic E-state index is 0.0920. The summed E-state index contributed by atoms with van der Waals surface area (Å²) < 4.78 is 0. The Balaban J connectivity index is 2.39. The number of nitrogens with one attached hydrogen (secondary N) is 1. The molecule has 0 unspecified atom stereocenters. The molecule has 0 aromatic rings. The summed E-state index contributed by atoms with van der Waals surface area (Å²) in [6.07, 6.45) is 1.04. The fourth-order valence-corrected chi connectivity index (χ4v) is 1.22. The van der Waals surface area contributed by atoms with E-state index in [9.17, 15) is 4.79 Å². The van der Waals surface area contributed by atoms with Gasteiger partial charge in [0.1, 0.15) is 0 Å². The van der Waals surface area contributed by atoms with Crippen LogP contribution in [0.1, 0.15) is 20.3 Å². The molecule has 0 spiro atoms. The molecule has 1 heterocycles. The van der Waals surface area contributed by atoms with E-state index in [1.54, 1.807) is 0 Å². The second-order valence-electron chi connectivity index (χ2n) is 2.80. The molecule has 3 nitrogen and oxygen atoms in total. The fraction of sp³-hybridized carbons (Fsp3) is 0.857. The molecule has 3 heteroatoms. The summed E-state index contributed by atoms with van der Waals surface area (Å²) in [4.78, 5) is 12.8. The lowest BCUT2D eigenvalue weighted by atomic mass is 10.3. The Morgan fingerprint density at radius 3 is 2.90 bits per heavy atom. The smallest absolute Gasteiger partial charge is 0.317 e. The van der Waals surface area contributed by atoms with Crippen LogP contribution in [0, 0.1) is 0 Å². The first-order valence-corrected chi connectivity index (χ1v) is 3.79.